The van der Waals surface area contributed by atoms with Crippen LogP contribution in [0.2, 0.25) is 0 Å². The van der Waals surface area contributed by atoms with E-state index in [1.165, 1.54) is 4.88 Å². The van der Waals surface area contributed by atoms with Gasteiger partial charge in [0.1, 0.15) is 11.6 Å². The molecule has 0 N–H and O–H groups in total. The quantitative estimate of drug-likeness (QED) is 0.797. The maximum absolute atomic E-state index is 5.85. The van der Waals surface area contributed by atoms with Crippen LogP contribution in [-0.4, -0.2) is 29.2 Å². The fourth-order valence-electron chi connectivity index (χ4n) is 2.86. The van der Waals surface area contributed by atoms with Gasteiger partial charge in [-0.15, -0.1) is 11.3 Å². The van der Waals surface area contributed by atoms with Crippen molar-refractivity contribution in [2.45, 2.75) is 52.2 Å². The van der Waals surface area contributed by atoms with Crippen LogP contribution in [0.1, 0.15) is 49.0 Å². The fraction of sp³-hybridized carbons (Fsp3) is 0.556. The molecule has 3 heterocycles. The van der Waals surface area contributed by atoms with E-state index in [1.54, 1.807) is 11.3 Å². The molecule has 0 bridgehead atoms. The lowest BCUT2D eigenvalue weighted by Gasteiger charge is -2.27. The molecule has 0 radical (unpaired) electrons. The largest absolute Gasteiger partial charge is 0.376 e. The van der Waals surface area contributed by atoms with Gasteiger partial charge in [0.05, 0.1) is 12.6 Å². The molecule has 3 rings (SSSR count). The molecule has 4 nitrogen and oxygen atoms in total. The summed E-state index contributed by atoms with van der Waals surface area (Å²) in [5.41, 5.74) is 1.03. The van der Waals surface area contributed by atoms with Crippen LogP contribution < -0.4 is 4.90 Å². The Hall–Kier alpha value is -1.46. The summed E-state index contributed by atoms with van der Waals surface area (Å²) >= 11 is 1.79. The van der Waals surface area contributed by atoms with E-state index in [4.69, 9.17) is 9.72 Å². The predicted molar refractivity (Wildman–Crippen MR) is 95.2 cm³/mol. The van der Waals surface area contributed by atoms with Crippen LogP contribution >= 0.6 is 11.3 Å². The third kappa shape index (κ3) is 4.30. The van der Waals surface area contributed by atoms with Gasteiger partial charge < -0.3 is 9.64 Å². The number of ether oxygens (including phenoxy) is 1. The molecule has 23 heavy (non-hydrogen) atoms. The van der Waals surface area contributed by atoms with Gasteiger partial charge in [-0.1, -0.05) is 19.9 Å². The number of hydrogen-bond acceptors (Lipinski definition) is 5. The van der Waals surface area contributed by atoms with Crippen molar-refractivity contribution in [2.24, 2.45) is 0 Å². The zero-order chi connectivity index (χ0) is 16.2. The van der Waals surface area contributed by atoms with Crippen molar-refractivity contribution >= 4 is 17.2 Å². The Balaban J connectivity index is 1.86. The number of hydrogen-bond donors (Lipinski definition) is 0. The highest BCUT2D eigenvalue weighted by Crippen LogP contribution is 2.23. The van der Waals surface area contributed by atoms with Crippen LogP contribution in [0.5, 0.6) is 0 Å². The molecule has 1 aliphatic heterocycles. The van der Waals surface area contributed by atoms with Crippen LogP contribution in [0.4, 0.5) is 5.82 Å². The molecule has 124 valence electrons. The van der Waals surface area contributed by atoms with E-state index < -0.39 is 0 Å². The molecule has 5 heteroatoms. The summed E-state index contributed by atoms with van der Waals surface area (Å²) in [5, 5.41) is 2.13. The minimum Gasteiger partial charge on any atom is -0.376 e. The standard InChI is InChI=1S/C18H25N3OS/c1-13(2)18-19-14(3)10-17(20-18)21(11-15-6-4-8-22-15)12-16-7-5-9-23-16/h5,7,9-10,13,15H,4,6,8,11-12H2,1-3H3. The summed E-state index contributed by atoms with van der Waals surface area (Å²) in [6.45, 7) is 8.99. The summed E-state index contributed by atoms with van der Waals surface area (Å²) in [6, 6.07) is 6.38. The van der Waals surface area contributed by atoms with Gasteiger partial charge in [0, 0.05) is 35.7 Å². The van der Waals surface area contributed by atoms with Gasteiger partial charge >= 0.3 is 0 Å². The van der Waals surface area contributed by atoms with Crippen molar-refractivity contribution in [3.63, 3.8) is 0 Å². The lowest BCUT2D eigenvalue weighted by atomic mass is 10.2. The van der Waals surface area contributed by atoms with Gasteiger partial charge in [0.2, 0.25) is 0 Å². The number of thiophene rings is 1. The van der Waals surface area contributed by atoms with Crippen LogP contribution in [0.3, 0.4) is 0 Å². The van der Waals surface area contributed by atoms with E-state index in [0.29, 0.717) is 12.0 Å². The first kappa shape index (κ1) is 16.4. The molecule has 1 saturated heterocycles. The lowest BCUT2D eigenvalue weighted by molar-refractivity contribution is 0.115. The van der Waals surface area contributed by atoms with E-state index in [9.17, 15) is 0 Å². The molecule has 1 aliphatic rings. The lowest BCUT2D eigenvalue weighted by Crippen LogP contribution is -2.32. The van der Waals surface area contributed by atoms with Crippen molar-refractivity contribution in [3.8, 4) is 0 Å². The second kappa shape index (κ2) is 7.41. The van der Waals surface area contributed by atoms with Crippen molar-refractivity contribution in [2.75, 3.05) is 18.1 Å². The van der Waals surface area contributed by atoms with Gasteiger partial charge in [0.15, 0.2) is 0 Å². The first-order chi connectivity index (χ1) is 11.1. The monoisotopic (exact) mass is 331 g/mol. The third-order valence-corrected chi connectivity index (χ3v) is 4.93. The highest BCUT2D eigenvalue weighted by Gasteiger charge is 2.21. The van der Waals surface area contributed by atoms with Crippen molar-refractivity contribution < 1.29 is 4.74 Å². The fourth-order valence-corrected chi connectivity index (χ4v) is 3.58. The van der Waals surface area contributed by atoms with Crippen molar-refractivity contribution in [3.05, 3.63) is 40.0 Å². The molecule has 1 atom stereocenters. The summed E-state index contributed by atoms with van der Waals surface area (Å²) in [7, 11) is 0. The number of aromatic nitrogens is 2. The predicted octanol–water partition coefficient (Wildman–Crippen LogP) is 4.16. The first-order valence-corrected chi connectivity index (χ1v) is 9.24. The number of anilines is 1. The molecule has 0 aliphatic carbocycles. The first-order valence-electron chi connectivity index (χ1n) is 8.36. The highest BCUT2D eigenvalue weighted by molar-refractivity contribution is 7.09. The van der Waals surface area contributed by atoms with Crippen molar-refractivity contribution in [1.82, 2.24) is 9.97 Å². The van der Waals surface area contributed by atoms with E-state index in [-0.39, 0.29) is 0 Å². The van der Waals surface area contributed by atoms with Crippen LogP contribution in [-0.2, 0) is 11.3 Å². The SMILES string of the molecule is Cc1cc(N(Cc2cccs2)CC2CCCO2)nc(C(C)C)n1. The van der Waals surface area contributed by atoms with E-state index in [0.717, 1.165) is 49.9 Å². The van der Waals surface area contributed by atoms with E-state index in [1.807, 2.05) is 6.92 Å². The molecule has 0 saturated carbocycles. The molecule has 0 spiro atoms. The topological polar surface area (TPSA) is 38.2 Å². The number of nitrogens with zero attached hydrogens (tertiary/aromatic N) is 3. The Labute approximate surface area is 142 Å². The van der Waals surface area contributed by atoms with Crippen LogP contribution in [0, 0.1) is 6.92 Å². The molecule has 2 aromatic heterocycles. The van der Waals surface area contributed by atoms with Gasteiger partial charge in [-0.2, -0.15) is 0 Å². The van der Waals surface area contributed by atoms with Crippen LogP contribution in [0.15, 0.2) is 23.6 Å². The summed E-state index contributed by atoms with van der Waals surface area (Å²) < 4.78 is 5.85. The second-order valence-electron chi connectivity index (χ2n) is 6.48. The molecule has 1 unspecified atom stereocenters. The normalized spacial score (nSPS) is 17.8. The maximum Gasteiger partial charge on any atom is 0.133 e. The zero-order valence-electron chi connectivity index (χ0n) is 14.2. The molecular weight excluding hydrogens is 306 g/mol. The summed E-state index contributed by atoms with van der Waals surface area (Å²) in [6.07, 6.45) is 2.62. The maximum atomic E-state index is 5.85. The van der Waals surface area contributed by atoms with Crippen molar-refractivity contribution in [1.29, 1.82) is 0 Å². The minimum absolute atomic E-state index is 0.313. The van der Waals surface area contributed by atoms with E-state index >= 15 is 0 Å². The Bertz CT molecular complexity index is 621. The zero-order valence-corrected chi connectivity index (χ0v) is 15.0. The van der Waals surface area contributed by atoms with Gasteiger partial charge in [-0.3, -0.25) is 0 Å². The summed E-state index contributed by atoms with van der Waals surface area (Å²) in [5.74, 6) is 2.27. The Morgan fingerprint density at radius 1 is 1.39 bits per heavy atom. The molecule has 0 aromatic carbocycles. The summed E-state index contributed by atoms with van der Waals surface area (Å²) in [4.78, 5) is 13.1. The smallest absolute Gasteiger partial charge is 0.133 e. The molecule has 1 fully saturated rings. The Morgan fingerprint density at radius 2 is 2.26 bits per heavy atom. The van der Waals surface area contributed by atoms with Gasteiger partial charge in [-0.05, 0) is 31.2 Å². The van der Waals surface area contributed by atoms with Gasteiger partial charge in [0.25, 0.3) is 0 Å². The Kier molecular flexibility index (Phi) is 5.28. The molecule has 0 amide bonds. The van der Waals surface area contributed by atoms with Crippen LogP contribution in [0.25, 0.3) is 0 Å². The van der Waals surface area contributed by atoms with E-state index in [2.05, 4.69) is 47.3 Å². The number of aryl methyl sites for hydroxylation is 1. The average Bonchev–Trinajstić information content (AvgIpc) is 3.19. The van der Waals surface area contributed by atoms with Gasteiger partial charge in [-0.25, -0.2) is 9.97 Å². The third-order valence-electron chi connectivity index (χ3n) is 4.07. The molecular formula is C18H25N3OS. The second-order valence-corrected chi connectivity index (χ2v) is 7.51. The number of rotatable bonds is 6. The Morgan fingerprint density at radius 3 is 2.91 bits per heavy atom. The highest BCUT2D eigenvalue weighted by atomic mass is 32.1. The minimum atomic E-state index is 0.313. The average molecular weight is 331 g/mol. The molecule has 2 aromatic rings.